The molecule has 0 fully saturated rings. The topological polar surface area (TPSA) is 79.8 Å². The van der Waals surface area contributed by atoms with E-state index in [0.29, 0.717) is 6.54 Å². The molecule has 1 aromatic carbocycles. The lowest BCUT2D eigenvalue weighted by molar-refractivity contribution is 0.251. The summed E-state index contributed by atoms with van der Waals surface area (Å²) in [6.45, 7) is 4.42. The molecule has 0 saturated heterocycles. The maximum atomic E-state index is 11.9. The van der Waals surface area contributed by atoms with Gasteiger partial charge in [-0.2, -0.15) is 0 Å². The third-order valence-corrected chi connectivity index (χ3v) is 4.85. The molecule has 0 unspecified atom stereocenters. The van der Waals surface area contributed by atoms with Gasteiger partial charge in [0.15, 0.2) is 0 Å². The summed E-state index contributed by atoms with van der Waals surface area (Å²) >= 11 is 2.91. The predicted octanol–water partition coefficient (Wildman–Crippen LogP) is 3.60. The van der Waals surface area contributed by atoms with E-state index in [1.807, 2.05) is 43.5 Å². The van der Waals surface area contributed by atoms with Crippen molar-refractivity contribution in [3.63, 3.8) is 0 Å². The molecule has 0 aliphatic rings. The molecule has 0 radical (unpaired) electrons. The zero-order valence-electron chi connectivity index (χ0n) is 12.7. The van der Waals surface area contributed by atoms with E-state index in [0.717, 1.165) is 27.6 Å². The van der Waals surface area contributed by atoms with Crippen molar-refractivity contribution >= 4 is 34.6 Å². The van der Waals surface area contributed by atoms with E-state index >= 15 is 0 Å². The molecule has 0 atom stereocenters. The standard InChI is InChI=1S/C15H15N5OS2/c1-9-10(2)23-14(17-9)7-16-15(21)18-12-5-3-11(4-6-12)13-8-22-20-19-13/h3-6,8H,7H2,1-2H3,(H2,16,18,21). The van der Waals surface area contributed by atoms with Crippen LogP contribution in [0.25, 0.3) is 11.3 Å². The molecule has 6 nitrogen and oxygen atoms in total. The molecule has 0 saturated carbocycles. The normalized spacial score (nSPS) is 10.5. The number of rotatable bonds is 4. The van der Waals surface area contributed by atoms with Gasteiger partial charge in [-0.3, -0.25) is 0 Å². The molecule has 3 aromatic rings. The molecule has 23 heavy (non-hydrogen) atoms. The van der Waals surface area contributed by atoms with Gasteiger partial charge in [0.2, 0.25) is 0 Å². The highest BCUT2D eigenvalue weighted by atomic mass is 32.1. The van der Waals surface area contributed by atoms with E-state index in [4.69, 9.17) is 0 Å². The van der Waals surface area contributed by atoms with E-state index in [2.05, 4.69) is 25.2 Å². The van der Waals surface area contributed by atoms with Gasteiger partial charge in [0.25, 0.3) is 0 Å². The Morgan fingerprint density at radius 3 is 2.61 bits per heavy atom. The van der Waals surface area contributed by atoms with Crippen LogP contribution in [0.1, 0.15) is 15.6 Å². The first-order valence-corrected chi connectivity index (χ1v) is 8.62. The van der Waals surface area contributed by atoms with Gasteiger partial charge in [-0.25, -0.2) is 9.78 Å². The van der Waals surface area contributed by atoms with Crippen molar-refractivity contribution in [1.29, 1.82) is 0 Å². The van der Waals surface area contributed by atoms with Crippen LogP contribution in [0, 0.1) is 13.8 Å². The van der Waals surface area contributed by atoms with Crippen LogP contribution in [-0.2, 0) is 6.54 Å². The SMILES string of the molecule is Cc1nc(CNC(=O)Nc2ccc(-c3csnn3)cc2)sc1C. The lowest BCUT2D eigenvalue weighted by Gasteiger charge is -2.06. The smallest absolute Gasteiger partial charge is 0.319 e. The molecule has 2 heterocycles. The van der Waals surface area contributed by atoms with Gasteiger partial charge in [0.1, 0.15) is 10.7 Å². The van der Waals surface area contributed by atoms with Crippen LogP contribution in [-0.4, -0.2) is 20.6 Å². The molecule has 2 aromatic heterocycles. The second kappa shape index (κ2) is 6.84. The number of nitrogens with zero attached hydrogens (tertiary/aromatic N) is 3. The molecule has 3 rings (SSSR count). The molecule has 0 spiro atoms. The summed E-state index contributed by atoms with van der Waals surface area (Å²) in [5.74, 6) is 0. The number of amides is 2. The maximum Gasteiger partial charge on any atom is 0.319 e. The van der Waals surface area contributed by atoms with Crippen molar-refractivity contribution in [3.8, 4) is 11.3 Å². The lowest BCUT2D eigenvalue weighted by Crippen LogP contribution is -2.28. The average Bonchev–Trinajstić information content (AvgIpc) is 3.17. The fraction of sp³-hybridized carbons (Fsp3) is 0.200. The number of urea groups is 1. The summed E-state index contributed by atoms with van der Waals surface area (Å²) < 4.78 is 3.84. The summed E-state index contributed by atoms with van der Waals surface area (Å²) in [6, 6.07) is 7.23. The fourth-order valence-electron chi connectivity index (χ4n) is 1.96. The lowest BCUT2D eigenvalue weighted by atomic mass is 10.1. The van der Waals surface area contributed by atoms with Crippen LogP contribution in [0.3, 0.4) is 0 Å². The van der Waals surface area contributed by atoms with Crippen LogP contribution in [0.4, 0.5) is 10.5 Å². The Hall–Kier alpha value is -2.32. The number of aryl methyl sites for hydroxylation is 2. The number of aromatic nitrogens is 3. The summed E-state index contributed by atoms with van der Waals surface area (Å²) in [6.07, 6.45) is 0. The minimum atomic E-state index is -0.251. The number of thiazole rings is 1. The monoisotopic (exact) mass is 345 g/mol. The highest BCUT2D eigenvalue weighted by Gasteiger charge is 2.07. The molecular formula is C15H15N5OS2. The number of anilines is 1. The summed E-state index contributed by atoms with van der Waals surface area (Å²) in [5.41, 5.74) is 3.54. The second-order valence-electron chi connectivity index (χ2n) is 4.92. The average molecular weight is 345 g/mol. The van der Waals surface area contributed by atoms with E-state index < -0.39 is 0 Å². The second-order valence-corrected chi connectivity index (χ2v) is 6.82. The van der Waals surface area contributed by atoms with Gasteiger partial charge >= 0.3 is 6.03 Å². The summed E-state index contributed by atoms with van der Waals surface area (Å²) in [4.78, 5) is 17.5. The highest BCUT2D eigenvalue weighted by molar-refractivity contribution is 7.11. The van der Waals surface area contributed by atoms with Crippen LogP contribution < -0.4 is 10.6 Å². The van der Waals surface area contributed by atoms with Crippen LogP contribution >= 0.6 is 22.9 Å². The number of carbonyl (C=O) groups is 1. The first-order valence-electron chi connectivity index (χ1n) is 6.97. The largest absolute Gasteiger partial charge is 0.331 e. The first-order chi connectivity index (χ1) is 11.1. The molecule has 0 aliphatic carbocycles. The van der Waals surface area contributed by atoms with Gasteiger partial charge in [-0.1, -0.05) is 16.6 Å². The molecule has 0 bridgehead atoms. The van der Waals surface area contributed by atoms with Gasteiger partial charge < -0.3 is 10.6 Å². The summed E-state index contributed by atoms with van der Waals surface area (Å²) in [7, 11) is 0. The van der Waals surface area contributed by atoms with Crippen molar-refractivity contribution < 1.29 is 4.79 Å². The third-order valence-electron chi connectivity index (χ3n) is 3.27. The first kappa shape index (κ1) is 15.6. The Morgan fingerprint density at radius 2 is 2.00 bits per heavy atom. The van der Waals surface area contributed by atoms with Crippen LogP contribution in [0.5, 0.6) is 0 Å². The molecule has 2 amide bonds. The zero-order valence-corrected chi connectivity index (χ0v) is 14.3. The van der Waals surface area contributed by atoms with Crippen molar-refractivity contribution in [2.45, 2.75) is 20.4 Å². The minimum absolute atomic E-state index is 0.251. The number of hydrogen-bond donors (Lipinski definition) is 2. The van der Waals surface area contributed by atoms with Gasteiger partial charge in [-0.15, -0.1) is 16.4 Å². The summed E-state index contributed by atoms with van der Waals surface area (Å²) in [5, 5.41) is 12.4. The molecule has 118 valence electrons. The van der Waals surface area contributed by atoms with Crippen molar-refractivity contribution in [1.82, 2.24) is 19.9 Å². The molecule has 0 aliphatic heterocycles. The Kier molecular flexibility index (Phi) is 4.63. The van der Waals surface area contributed by atoms with E-state index in [-0.39, 0.29) is 6.03 Å². The number of nitrogens with one attached hydrogen (secondary N) is 2. The van der Waals surface area contributed by atoms with E-state index in [1.54, 1.807) is 11.3 Å². The maximum absolute atomic E-state index is 11.9. The van der Waals surface area contributed by atoms with Crippen molar-refractivity contribution in [2.75, 3.05) is 5.32 Å². The Labute approximate surface area is 141 Å². The predicted molar refractivity (Wildman–Crippen MR) is 92.8 cm³/mol. The molecule has 8 heteroatoms. The quantitative estimate of drug-likeness (QED) is 0.757. The Balaban J connectivity index is 1.55. The number of benzene rings is 1. The Bertz CT molecular complexity index is 776. The highest BCUT2D eigenvalue weighted by Crippen LogP contribution is 2.20. The van der Waals surface area contributed by atoms with Gasteiger partial charge in [0, 0.05) is 21.5 Å². The number of carbonyl (C=O) groups excluding carboxylic acids is 1. The molecular weight excluding hydrogens is 330 g/mol. The van der Waals surface area contributed by atoms with Crippen molar-refractivity contribution in [2.24, 2.45) is 0 Å². The van der Waals surface area contributed by atoms with Gasteiger partial charge in [-0.05, 0) is 37.5 Å². The zero-order chi connectivity index (χ0) is 16.2. The van der Waals surface area contributed by atoms with E-state index in [1.165, 1.54) is 16.4 Å². The Morgan fingerprint density at radius 1 is 1.22 bits per heavy atom. The van der Waals surface area contributed by atoms with Crippen LogP contribution in [0.2, 0.25) is 0 Å². The third kappa shape index (κ3) is 3.91. The van der Waals surface area contributed by atoms with Crippen molar-refractivity contribution in [3.05, 3.63) is 45.2 Å². The number of hydrogen-bond acceptors (Lipinski definition) is 6. The van der Waals surface area contributed by atoms with E-state index in [9.17, 15) is 4.79 Å². The van der Waals surface area contributed by atoms with Gasteiger partial charge in [0.05, 0.1) is 12.2 Å². The molecule has 2 N–H and O–H groups in total. The minimum Gasteiger partial charge on any atom is -0.331 e. The fourth-order valence-corrected chi connectivity index (χ4v) is 3.30. The van der Waals surface area contributed by atoms with Crippen LogP contribution in [0.15, 0.2) is 29.6 Å².